The van der Waals surface area contributed by atoms with Crippen LogP contribution in [0.2, 0.25) is 0 Å². The zero-order valence-corrected chi connectivity index (χ0v) is 13.8. The van der Waals surface area contributed by atoms with Crippen LogP contribution in [-0.2, 0) is 0 Å². The van der Waals surface area contributed by atoms with Crippen LogP contribution < -0.4 is 5.73 Å². The number of hydrogen-bond donors (Lipinski definition) is 1. The Balaban J connectivity index is 2.36. The lowest BCUT2D eigenvalue weighted by Crippen LogP contribution is -2.06. The molecule has 1 unspecified atom stereocenters. The molecule has 2 aromatic carbocycles. The topological polar surface area (TPSA) is 26.0 Å². The van der Waals surface area contributed by atoms with Gasteiger partial charge in [0, 0.05) is 24.8 Å². The molecule has 0 heterocycles. The fourth-order valence-electron chi connectivity index (χ4n) is 1.63. The molecule has 2 rings (SSSR count). The van der Waals surface area contributed by atoms with Crippen molar-refractivity contribution in [2.24, 2.45) is 5.73 Å². The molecule has 0 aliphatic heterocycles. The summed E-state index contributed by atoms with van der Waals surface area (Å²) in [6.07, 6.45) is 0. The quantitative estimate of drug-likeness (QED) is 0.765. The lowest BCUT2D eigenvalue weighted by molar-refractivity contribution is 0.797. The predicted octanol–water partition coefficient (Wildman–Crippen LogP) is 5.38. The van der Waals surface area contributed by atoms with Gasteiger partial charge in [0.25, 0.3) is 0 Å². The van der Waals surface area contributed by atoms with E-state index < -0.39 is 0 Å². The van der Waals surface area contributed by atoms with E-state index >= 15 is 0 Å². The van der Waals surface area contributed by atoms with E-state index in [1.165, 1.54) is 15.4 Å². The van der Waals surface area contributed by atoms with Crippen molar-refractivity contribution in [3.05, 3.63) is 57.0 Å². The van der Waals surface area contributed by atoms with Gasteiger partial charge in [0.15, 0.2) is 0 Å². The minimum Gasteiger partial charge on any atom is -0.324 e. The first kappa shape index (κ1) is 14.1. The second-order valence-corrected chi connectivity index (χ2v) is 6.98. The van der Waals surface area contributed by atoms with Crippen LogP contribution in [0.25, 0.3) is 0 Å². The number of benzene rings is 2. The summed E-state index contributed by atoms with van der Waals surface area (Å²) in [5.41, 5.74) is 7.18. The molecular weight excluding hydrogens is 374 g/mol. The molecule has 0 fully saturated rings. The average Bonchev–Trinajstić information content (AvgIpc) is 2.28. The fraction of sp³-hybridized carbons (Fsp3) is 0.143. The van der Waals surface area contributed by atoms with Crippen molar-refractivity contribution in [3.63, 3.8) is 0 Å². The third-order valence-electron chi connectivity index (χ3n) is 2.49. The average molecular weight is 387 g/mol. The Hall–Kier alpha value is -0.290. The summed E-state index contributed by atoms with van der Waals surface area (Å²) in [6.45, 7) is 2.01. The molecule has 2 aromatic rings. The van der Waals surface area contributed by atoms with Crippen LogP contribution in [0, 0.1) is 0 Å². The van der Waals surface area contributed by atoms with E-state index in [9.17, 15) is 0 Å². The van der Waals surface area contributed by atoms with E-state index in [-0.39, 0.29) is 6.04 Å². The van der Waals surface area contributed by atoms with Gasteiger partial charge in [0.2, 0.25) is 0 Å². The molecule has 1 atom stereocenters. The van der Waals surface area contributed by atoms with Crippen LogP contribution in [0.3, 0.4) is 0 Å². The van der Waals surface area contributed by atoms with Crippen molar-refractivity contribution in [3.8, 4) is 0 Å². The lowest BCUT2D eigenvalue weighted by atomic mass is 10.1. The number of nitrogens with two attached hydrogens (primary N) is 1. The fourth-order valence-corrected chi connectivity index (χ4v) is 3.84. The van der Waals surface area contributed by atoms with Gasteiger partial charge >= 0.3 is 0 Å². The minimum atomic E-state index is 0.0350. The molecule has 94 valence electrons. The molecule has 0 amide bonds. The first-order valence-corrected chi connectivity index (χ1v) is 7.95. The Morgan fingerprint density at radius 3 is 2.44 bits per heavy atom. The van der Waals surface area contributed by atoms with Crippen LogP contribution >= 0.6 is 43.6 Å². The molecule has 0 radical (unpaired) electrons. The van der Waals surface area contributed by atoms with Crippen LogP contribution in [-0.4, -0.2) is 0 Å². The molecule has 0 aliphatic carbocycles. The molecule has 4 heteroatoms. The monoisotopic (exact) mass is 385 g/mol. The van der Waals surface area contributed by atoms with Crippen molar-refractivity contribution in [2.45, 2.75) is 22.8 Å². The van der Waals surface area contributed by atoms with Crippen molar-refractivity contribution < 1.29 is 0 Å². The van der Waals surface area contributed by atoms with E-state index in [2.05, 4.69) is 56.1 Å². The van der Waals surface area contributed by atoms with E-state index in [0.29, 0.717) is 0 Å². The Bertz CT molecular complexity index is 555. The van der Waals surface area contributed by atoms with Gasteiger partial charge in [-0.1, -0.05) is 55.8 Å². The smallest absolute Gasteiger partial charge is 0.0277 e. The van der Waals surface area contributed by atoms with Crippen LogP contribution in [0.5, 0.6) is 0 Å². The SMILES string of the molecule is CC(N)c1ccc(Br)cc1Sc1cccc(Br)c1. The molecule has 2 N–H and O–H groups in total. The highest BCUT2D eigenvalue weighted by Crippen LogP contribution is 2.35. The summed E-state index contributed by atoms with van der Waals surface area (Å²) in [7, 11) is 0. The third kappa shape index (κ3) is 3.60. The maximum atomic E-state index is 6.01. The van der Waals surface area contributed by atoms with Gasteiger partial charge in [0.1, 0.15) is 0 Å². The van der Waals surface area contributed by atoms with Gasteiger partial charge in [-0.05, 0) is 42.8 Å². The number of hydrogen-bond acceptors (Lipinski definition) is 2. The first-order valence-electron chi connectivity index (χ1n) is 5.54. The molecule has 0 spiro atoms. The molecule has 0 aliphatic rings. The number of rotatable bonds is 3. The summed E-state index contributed by atoms with van der Waals surface area (Å²) < 4.78 is 2.16. The molecule has 18 heavy (non-hydrogen) atoms. The number of halogens is 2. The largest absolute Gasteiger partial charge is 0.324 e. The molecule has 0 saturated carbocycles. The Morgan fingerprint density at radius 1 is 1.06 bits per heavy atom. The van der Waals surface area contributed by atoms with Crippen LogP contribution in [0.15, 0.2) is 61.2 Å². The van der Waals surface area contributed by atoms with Gasteiger partial charge < -0.3 is 5.73 Å². The first-order chi connectivity index (χ1) is 8.56. The van der Waals surface area contributed by atoms with Crippen molar-refractivity contribution in [2.75, 3.05) is 0 Å². The van der Waals surface area contributed by atoms with E-state index in [0.717, 1.165) is 8.95 Å². The van der Waals surface area contributed by atoms with Crippen molar-refractivity contribution in [1.29, 1.82) is 0 Å². The van der Waals surface area contributed by atoms with Crippen molar-refractivity contribution in [1.82, 2.24) is 0 Å². The lowest BCUT2D eigenvalue weighted by Gasteiger charge is -2.13. The van der Waals surface area contributed by atoms with Gasteiger partial charge in [-0.15, -0.1) is 0 Å². The molecule has 0 bridgehead atoms. The summed E-state index contributed by atoms with van der Waals surface area (Å²) in [6, 6.07) is 14.5. The zero-order valence-electron chi connectivity index (χ0n) is 9.86. The van der Waals surface area contributed by atoms with Gasteiger partial charge in [-0.3, -0.25) is 0 Å². The van der Waals surface area contributed by atoms with E-state index in [1.54, 1.807) is 11.8 Å². The van der Waals surface area contributed by atoms with Crippen molar-refractivity contribution >= 4 is 43.6 Å². The van der Waals surface area contributed by atoms with E-state index in [4.69, 9.17) is 5.73 Å². The third-order valence-corrected chi connectivity index (χ3v) is 4.54. The summed E-state index contributed by atoms with van der Waals surface area (Å²) in [5.74, 6) is 0. The maximum absolute atomic E-state index is 6.01. The summed E-state index contributed by atoms with van der Waals surface area (Å²) in [4.78, 5) is 2.39. The second-order valence-electron chi connectivity index (χ2n) is 4.03. The Kier molecular flexibility index (Phi) is 4.90. The highest BCUT2D eigenvalue weighted by Gasteiger charge is 2.09. The predicted molar refractivity (Wildman–Crippen MR) is 85.0 cm³/mol. The maximum Gasteiger partial charge on any atom is 0.0277 e. The molecular formula is C14H13Br2NS. The van der Waals surface area contributed by atoms with Crippen LogP contribution in [0.4, 0.5) is 0 Å². The summed E-state index contributed by atoms with van der Waals surface area (Å²) >= 11 is 8.73. The summed E-state index contributed by atoms with van der Waals surface area (Å²) in [5, 5.41) is 0. The molecule has 1 nitrogen and oxygen atoms in total. The Morgan fingerprint density at radius 2 is 1.78 bits per heavy atom. The molecule has 0 saturated heterocycles. The highest BCUT2D eigenvalue weighted by atomic mass is 79.9. The van der Waals surface area contributed by atoms with E-state index in [1.807, 2.05) is 25.1 Å². The second kappa shape index (κ2) is 6.24. The van der Waals surface area contributed by atoms with Crippen LogP contribution in [0.1, 0.15) is 18.5 Å². The minimum absolute atomic E-state index is 0.0350. The van der Waals surface area contributed by atoms with Gasteiger partial charge in [-0.25, -0.2) is 0 Å². The van der Waals surface area contributed by atoms with Gasteiger partial charge in [0.05, 0.1) is 0 Å². The standard InChI is InChI=1S/C14H13Br2NS/c1-9(17)13-6-5-11(16)8-14(13)18-12-4-2-3-10(15)7-12/h2-9H,17H2,1H3. The Labute approximate surface area is 128 Å². The highest BCUT2D eigenvalue weighted by molar-refractivity contribution is 9.10. The van der Waals surface area contributed by atoms with Gasteiger partial charge in [-0.2, -0.15) is 0 Å². The normalized spacial score (nSPS) is 12.4. The molecule has 0 aromatic heterocycles. The zero-order chi connectivity index (χ0) is 13.1.